The number of hydrogen-bond donors (Lipinski definition) is 2. The quantitative estimate of drug-likeness (QED) is 0.774. The molecule has 0 atom stereocenters. The zero-order valence-corrected chi connectivity index (χ0v) is 11.3. The van der Waals surface area contributed by atoms with E-state index in [0.717, 1.165) is 23.4 Å². The summed E-state index contributed by atoms with van der Waals surface area (Å²) in [6.07, 6.45) is 0. The minimum absolute atomic E-state index is 0.274. The molecule has 0 saturated carbocycles. The van der Waals surface area contributed by atoms with Crippen LogP contribution in [0.5, 0.6) is 0 Å². The molecular formula is C13H22N2O2. The summed E-state index contributed by atoms with van der Waals surface area (Å²) in [5, 5.41) is 3.36. The van der Waals surface area contributed by atoms with Crippen molar-refractivity contribution in [1.82, 2.24) is 10.3 Å². The van der Waals surface area contributed by atoms with Crippen LogP contribution in [0.3, 0.4) is 0 Å². The summed E-state index contributed by atoms with van der Waals surface area (Å²) in [4.78, 5) is 14.8. The summed E-state index contributed by atoms with van der Waals surface area (Å²) in [6.45, 7) is 11.1. The largest absolute Gasteiger partial charge is 0.461 e. The fraction of sp³-hybridized carbons (Fsp3) is 0.615. The Kier molecular flexibility index (Phi) is 4.75. The summed E-state index contributed by atoms with van der Waals surface area (Å²) < 4.78 is 5.01. The molecule has 0 aliphatic heterocycles. The molecule has 0 spiro atoms. The van der Waals surface area contributed by atoms with Gasteiger partial charge in [0.2, 0.25) is 0 Å². The number of aromatic nitrogens is 1. The lowest BCUT2D eigenvalue weighted by molar-refractivity contribution is 0.0519. The van der Waals surface area contributed by atoms with Gasteiger partial charge in [0.05, 0.1) is 6.61 Å². The highest BCUT2D eigenvalue weighted by Gasteiger charge is 2.17. The smallest absolute Gasteiger partial charge is 0.355 e. The minimum Gasteiger partial charge on any atom is -0.461 e. The van der Waals surface area contributed by atoms with Crippen molar-refractivity contribution in [2.75, 3.05) is 6.61 Å². The second-order valence-corrected chi connectivity index (χ2v) is 4.48. The average Bonchev–Trinajstić information content (AvgIpc) is 2.52. The van der Waals surface area contributed by atoms with E-state index in [9.17, 15) is 4.79 Å². The molecule has 17 heavy (non-hydrogen) atoms. The van der Waals surface area contributed by atoms with E-state index in [-0.39, 0.29) is 5.97 Å². The summed E-state index contributed by atoms with van der Waals surface area (Å²) in [7, 11) is 0. The Morgan fingerprint density at radius 2 is 2.06 bits per heavy atom. The van der Waals surface area contributed by atoms with Gasteiger partial charge in [0.25, 0.3) is 0 Å². The molecular weight excluding hydrogens is 216 g/mol. The molecule has 1 aromatic rings. The third-order valence-corrected chi connectivity index (χ3v) is 2.76. The zero-order valence-electron chi connectivity index (χ0n) is 11.3. The molecule has 0 saturated heterocycles. The number of esters is 1. The number of H-pyrrole nitrogens is 1. The molecule has 0 unspecified atom stereocenters. The van der Waals surface area contributed by atoms with Crippen LogP contribution in [0.15, 0.2) is 0 Å². The van der Waals surface area contributed by atoms with Gasteiger partial charge in [0.1, 0.15) is 5.69 Å². The lowest BCUT2D eigenvalue weighted by Crippen LogP contribution is -2.22. The molecule has 0 fully saturated rings. The Hall–Kier alpha value is -1.29. The van der Waals surface area contributed by atoms with Crippen LogP contribution in [-0.4, -0.2) is 23.6 Å². The molecule has 0 amide bonds. The summed E-state index contributed by atoms with van der Waals surface area (Å²) in [5.74, 6) is -0.274. The average molecular weight is 238 g/mol. The Morgan fingerprint density at radius 3 is 2.59 bits per heavy atom. The Labute approximate surface area is 103 Å². The maximum absolute atomic E-state index is 11.7. The van der Waals surface area contributed by atoms with E-state index < -0.39 is 0 Å². The van der Waals surface area contributed by atoms with Gasteiger partial charge in [0.15, 0.2) is 0 Å². The van der Waals surface area contributed by atoms with E-state index in [4.69, 9.17) is 4.74 Å². The third-order valence-electron chi connectivity index (χ3n) is 2.76. The van der Waals surface area contributed by atoms with Crippen molar-refractivity contribution < 1.29 is 9.53 Å². The van der Waals surface area contributed by atoms with E-state index in [1.165, 1.54) is 0 Å². The highest BCUT2D eigenvalue weighted by atomic mass is 16.5. The van der Waals surface area contributed by atoms with Crippen LogP contribution in [0, 0.1) is 13.8 Å². The SMILES string of the molecule is CCOC(=O)c1[nH]c(C)c(CNC(C)C)c1C. The maximum Gasteiger partial charge on any atom is 0.355 e. The van der Waals surface area contributed by atoms with Gasteiger partial charge in [0, 0.05) is 18.3 Å². The first-order chi connectivity index (χ1) is 7.97. The molecule has 2 N–H and O–H groups in total. The normalized spacial score (nSPS) is 10.9. The van der Waals surface area contributed by atoms with Gasteiger partial charge >= 0.3 is 5.97 Å². The van der Waals surface area contributed by atoms with Gasteiger partial charge in [-0.25, -0.2) is 4.79 Å². The van der Waals surface area contributed by atoms with Gasteiger partial charge in [-0.05, 0) is 31.9 Å². The lowest BCUT2D eigenvalue weighted by Gasteiger charge is -2.08. The Balaban J connectivity index is 2.89. The van der Waals surface area contributed by atoms with Gasteiger partial charge < -0.3 is 15.0 Å². The van der Waals surface area contributed by atoms with Crippen molar-refractivity contribution in [3.05, 3.63) is 22.5 Å². The second kappa shape index (κ2) is 5.87. The van der Waals surface area contributed by atoms with E-state index in [1.807, 2.05) is 20.8 Å². The maximum atomic E-state index is 11.7. The minimum atomic E-state index is -0.274. The molecule has 4 heteroatoms. The first kappa shape index (κ1) is 13.8. The van der Waals surface area contributed by atoms with E-state index >= 15 is 0 Å². The van der Waals surface area contributed by atoms with Crippen LogP contribution in [0.1, 0.15) is 48.1 Å². The Morgan fingerprint density at radius 1 is 1.41 bits per heavy atom. The van der Waals surface area contributed by atoms with E-state index in [2.05, 4.69) is 24.1 Å². The third kappa shape index (κ3) is 3.33. The highest BCUT2D eigenvalue weighted by Crippen LogP contribution is 2.18. The molecule has 0 aromatic carbocycles. The fourth-order valence-electron chi connectivity index (χ4n) is 1.77. The molecule has 1 rings (SSSR count). The number of ether oxygens (including phenoxy) is 1. The lowest BCUT2D eigenvalue weighted by atomic mass is 10.1. The van der Waals surface area contributed by atoms with Crippen LogP contribution in [0.2, 0.25) is 0 Å². The monoisotopic (exact) mass is 238 g/mol. The number of carbonyl (C=O) groups is 1. The first-order valence-corrected chi connectivity index (χ1v) is 6.05. The van der Waals surface area contributed by atoms with Gasteiger partial charge in [-0.2, -0.15) is 0 Å². The van der Waals surface area contributed by atoms with Crippen molar-refractivity contribution in [3.8, 4) is 0 Å². The van der Waals surface area contributed by atoms with Crippen LogP contribution in [0.25, 0.3) is 0 Å². The van der Waals surface area contributed by atoms with Gasteiger partial charge in [-0.1, -0.05) is 13.8 Å². The summed E-state index contributed by atoms with van der Waals surface area (Å²) >= 11 is 0. The van der Waals surface area contributed by atoms with E-state index in [0.29, 0.717) is 18.3 Å². The van der Waals surface area contributed by atoms with Crippen LogP contribution >= 0.6 is 0 Å². The predicted molar refractivity (Wildman–Crippen MR) is 68.2 cm³/mol. The molecule has 0 bridgehead atoms. The Bertz CT molecular complexity index is 394. The number of aryl methyl sites for hydroxylation is 1. The van der Waals surface area contributed by atoms with Gasteiger partial charge in [-0.15, -0.1) is 0 Å². The molecule has 0 radical (unpaired) electrons. The standard InChI is InChI=1S/C13H22N2O2/c1-6-17-13(16)12-9(4)11(10(5)15-12)7-14-8(2)3/h8,14-15H,6-7H2,1-5H3. The molecule has 0 aliphatic rings. The summed E-state index contributed by atoms with van der Waals surface area (Å²) in [5.41, 5.74) is 3.74. The number of aromatic amines is 1. The number of rotatable bonds is 5. The van der Waals surface area contributed by atoms with Crippen molar-refractivity contribution in [1.29, 1.82) is 0 Å². The van der Waals surface area contributed by atoms with Crippen molar-refractivity contribution in [3.63, 3.8) is 0 Å². The predicted octanol–water partition coefficient (Wildman–Crippen LogP) is 2.31. The van der Waals surface area contributed by atoms with Gasteiger partial charge in [-0.3, -0.25) is 0 Å². The van der Waals surface area contributed by atoms with Crippen LogP contribution in [-0.2, 0) is 11.3 Å². The number of nitrogens with one attached hydrogen (secondary N) is 2. The summed E-state index contributed by atoms with van der Waals surface area (Å²) in [6, 6.07) is 0.426. The second-order valence-electron chi connectivity index (χ2n) is 4.48. The molecule has 0 aliphatic carbocycles. The molecule has 1 heterocycles. The van der Waals surface area contributed by atoms with Crippen LogP contribution < -0.4 is 5.32 Å². The van der Waals surface area contributed by atoms with Crippen LogP contribution in [0.4, 0.5) is 0 Å². The molecule has 4 nitrogen and oxygen atoms in total. The first-order valence-electron chi connectivity index (χ1n) is 6.05. The number of carbonyl (C=O) groups excluding carboxylic acids is 1. The zero-order chi connectivity index (χ0) is 13.0. The van der Waals surface area contributed by atoms with Crippen molar-refractivity contribution >= 4 is 5.97 Å². The topological polar surface area (TPSA) is 54.1 Å². The number of hydrogen-bond acceptors (Lipinski definition) is 3. The highest BCUT2D eigenvalue weighted by molar-refractivity contribution is 5.89. The van der Waals surface area contributed by atoms with Crippen molar-refractivity contribution in [2.45, 2.75) is 47.2 Å². The van der Waals surface area contributed by atoms with Crippen molar-refractivity contribution in [2.24, 2.45) is 0 Å². The molecule has 96 valence electrons. The fourth-order valence-corrected chi connectivity index (χ4v) is 1.77. The molecule has 1 aromatic heterocycles. The van der Waals surface area contributed by atoms with E-state index in [1.54, 1.807) is 0 Å².